The first kappa shape index (κ1) is 75.9. The van der Waals surface area contributed by atoms with Crippen LogP contribution in [-0.2, 0) is 59.2 Å². The molecule has 486 valence electrons. The number of nitrogens with two attached hydrogens (primary N) is 5. The van der Waals surface area contributed by atoms with Gasteiger partial charge in [-0.15, -0.1) is 0 Å². The largest absolute Gasteiger partial charge is 0.391 e. The molecule has 31 heteroatoms. The molecular weight excluding hydrogens is 1160 g/mol. The van der Waals surface area contributed by atoms with Gasteiger partial charge in [0.1, 0.15) is 60.4 Å². The number of carbonyl (C=O) groups is 11. The summed E-state index contributed by atoms with van der Waals surface area (Å²) in [6.45, 7) is 8.65. The molecule has 23 N–H and O–H groups in total. The average Bonchev–Trinajstić information content (AvgIpc) is 3.66. The Morgan fingerprint density at radius 3 is 1.63 bits per heavy atom. The van der Waals surface area contributed by atoms with E-state index in [0.717, 1.165) is 25.0 Å². The number of hydrogen-bond acceptors (Lipinski definition) is 20. The number of benzene rings is 1. The van der Waals surface area contributed by atoms with Gasteiger partial charge in [0, 0.05) is 24.5 Å². The molecule has 1 aliphatic heterocycles. The second kappa shape index (κ2) is 41.1. The molecule has 1 aromatic rings. The van der Waals surface area contributed by atoms with Gasteiger partial charge in [-0.3, -0.25) is 52.7 Å². The summed E-state index contributed by atoms with van der Waals surface area (Å²) in [6.07, 6.45) is -1.49. The summed E-state index contributed by atoms with van der Waals surface area (Å²) in [5.74, 6) is -8.80. The summed E-state index contributed by atoms with van der Waals surface area (Å²) >= 11 is 0. The van der Waals surface area contributed by atoms with Gasteiger partial charge in [0.25, 0.3) is 0 Å². The molecule has 29 nitrogen and oxygen atoms in total. The highest BCUT2D eigenvalue weighted by Crippen LogP contribution is 2.24. The van der Waals surface area contributed by atoms with Gasteiger partial charge in [-0.25, -0.2) is 0 Å². The predicted molar refractivity (Wildman–Crippen MR) is 327 cm³/mol. The minimum absolute atomic E-state index is 0.0443. The van der Waals surface area contributed by atoms with E-state index in [4.69, 9.17) is 28.7 Å². The molecular formula is C55H96N16O13S2. The summed E-state index contributed by atoms with van der Waals surface area (Å²) in [6, 6.07) is -6.26. The molecule has 86 heavy (non-hydrogen) atoms. The van der Waals surface area contributed by atoms with Gasteiger partial charge in [-0.2, -0.15) is 0 Å². The molecule has 12 atom stereocenters. The molecule has 0 aromatic heterocycles. The van der Waals surface area contributed by atoms with Crippen molar-refractivity contribution >= 4 is 86.6 Å². The molecule has 0 saturated carbocycles. The van der Waals surface area contributed by atoms with Crippen molar-refractivity contribution < 1.29 is 63.0 Å². The monoisotopic (exact) mass is 1250 g/mol. The molecule has 0 spiro atoms. The van der Waals surface area contributed by atoms with Crippen molar-refractivity contribution in [3.8, 4) is 0 Å². The molecule has 1 fully saturated rings. The zero-order valence-corrected chi connectivity index (χ0v) is 51.9. The summed E-state index contributed by atoms with van der Waals surface area (Å²) < 4.78 is 0. The van der Waals surface area contributed by atoms with Crippen LogP contribution in [0.3, 0.4) is 0 Å². The van der Waals surface area contributed by atoms with Gasteiger partial charge in [-0.1, -0.05) is 92.5 Å². The predicted octanol–water partition coefficient (Wildman–Crippen LogP) is -5.03. The molecule has 2 rings (SSSR count). The van der Waals surface area contributed by atoms with Crippen molar-refractivity contribution in [2.75, 3.05) is 50.8 Å². The van der Waals surface area contributed by atoms with E-state index in [-0.39, 0.29) is 76.4 Å². The zero-order chi connectivity index (χ0) is 64.5. The van der Waals surface area contributed by atoms with E-state index < -0.39 is 157 Å². The third kappa shape index (κ3) is 28.1. The Balaban J connectivity index is 2.68. The normalized spacial score (nSPS) is 22.5. The smallest absolute Gasteiger partial charge is 0.245 e. The second-order valence-corrected chi connectivity index (χ2v) is 24.5. The molecule has 0 bridgehead atoms. The molecule has 11 amide bonds. The number of unbranched alkanes of at least 4 members (excludes halogenated alkanes) is 1. The highest BCUT2D eigenvalue weighted by atomic mass is 33.1. The van der Waals surface area contributed by atoms with Crippen LogP contribution >= 0.6 is 21.6 Å². The van der Waals surface area contributed by atoms with Crippen molar-refractivity contribution in [3.63, 3.8) is 0 Å². The van der Waals surface area contributed by atoms with E-state index in [1.54, 1.807) is 44.2 Å². The van der Waals surface area contributed by atoms with Crippen LogP contribution in [-0.4, -0.2) is 199 Å². The fourth-order valence-corrected chi connectivity index (χ4v) is 11.1. The number of hydrogen-bond donors (Lipinski definition) is 18. The van der Waals surface area contributed by atoms with Gasteiger partial charge in [-0.05, 0) is 102 Å². The van der Waals surface area contributed by atoms with Crippen LogP contribution in [0.4, 0.5) is 0 Å². The summed E-state index contributed by atoms with van der Waals surface area (Å²) in [4.78, 5) is 154. The highest BCUT2D eigenvalue weighted by molar-refractivity contribution is 8.76. The first-order valence-electron chi connectivity index (χ1n) is 29.3. The van der Waals surface area contributed by atoms with Crippen LogP contribution in [0.1, 0.15) is 105 Å². The number of aliphatic hydroxyl groups excluding tert-OH is 2. The number of rotatable bonds is 30. The van der Waals surface area contributed by atoms with Crippen molar-refractivity contribution in [1.82, 2.24) is 58.5 Å². The van der Waals surface area contributed by atoms with Crippen LogP contribution < -0.4 is 87.2 Å². The van der Waals surface area contributed by atoms with Gasteiger partial charge >= 0.3 is 0 Å². The molecule has 1 saturated heterocycles. The van der Waals surface area contributed by atoms with Gasteiger partial charge in [0.05, 0.1) is 18.8 Å². The highest BCUT2D eigenvalue weighted by Gasteiger charge is 2.37. The molecule has 1 aromatic carbocycles. The van der Waals surface area contributed by atoms with Crippen LogP contribution in [0.5, 0.6) is 0 Å². The van der Waals surface area contributed by atoms with Crippen molar-refractivity contribution in [1.29, 1.82) is 0 Å². The Labute approximate surface area is 511 Å². The Morgan fingerprint density at radius 1 is 0.570 bits per heavy atom. The lowest BCUT2D eigenvalue weighted by Crippen LogP contribution is -2.62. The van der Waals surface area contributed by atoms with Gasteiger partial charge < -0.3 is 97.4 Å². The van der Waals surface area contributed by atoms with Crippen LogP contribution in [0.2, 0.25) is 0 Å². The minimum atomic E-state index is -1.71. The lowest BCUT2D eigenvalue weighted by atomic mass is 10.00. The first-order chi connectivity index (χ1) is 40.8. The van der Waals surface area contributed by atoms with E-state index in [9.17, 15) is 63.0 Å². The van der Waals surface area contributed by atoms with Crippen LogP contribution in [0.25, 0.3) is 0 Å². The van der Waals surface area contributed by atoms with E-state index in [1.807, 2.05) is 0 Å². The standard InChI is InChI=1S/C55H96N16O13S2/c1-30(2)12-10-11-25-85-86-29-42(62-43(74)28-60)53(82)71-45(33(6)73)55(84)67-37(17-22-58)47(76)66-39-19-24-61-54(83)44(32(5)72)70-50(79)38(18-23-59)64-46(75)35(15-20-56)65-51(80)40(26-31(3)4)68-52(81)41(27-34-13-8-7-9-14-34)69-48(77)36(16-21-57)63-49(39)78/h7-9,13-14,30-33,35-42,44-45,72-73H,10-12,15-29,56-60H2,1-6H3,(H,61,83)(H,62,74)(H,63,78)(H,64,75)(H,65,80)(H,66,76)(H,67,84)(H,68,81)(H,69,77)(H,70,79)(H,71,82)/t32-,33-,35+,36+,37+,38+,39+,40+,41-,42+,44+,45+/m1/s1. The number of nitrogens with one attached hydrogen (secondary N) is 11. The van der Waals surface area contributed by atoms with Crippen LogP contribution in [0.15, 0.2) is 30.3 Å². The van der Waals surface area contributed by atoms with Crippen LogP contribution in [0, 0.1) is 11.8 Å². The Bertz CT molecular complexity index is 2340. The van der Waals surface area contributed by atoms with E-state index in [0.29, 0.717) is 11.5 Å². The summed E-state index contributed by atoms with van der Waals surface area (Å²) in [5, 5.41) is 49.6. The molecule has 1 heterocycles. The zero-order valence-electron chi connectivity index (χ0n) is 50.3. The Hall–Kier alpha value is -6.19. The fraction of sp³-hybridized carbons (Fsp3) is 0.691. The fourth-order valence-electron chi connectivity index (χ4n) is 8.76. The average molecular weight is 1250 g/mol. The summed E-state index contributed by atoms with van der Waals surface area (Å²) in [7, 11) is 2.82. The summed E-state index contributed by atoms with van der Waals surface area (Å²) in [5.41, 5.74) is 29.7. The minimum Gasteiger partial charge on any atom is -0.391 e. The van der Waals surface area contributed by atoms with Gasteiger partial charge in [0.2, 0.25) is 65.0 Å². The van der Waals surface area contributed by atoms with Crippen molar-refractivity contribution in [2.24, 2.45) is 40.5 Å². The third-order valence-corrected chi connectivity index (χ3v) is 16.0. The Morgan fingerprint density at radius 2 is 1.10 bits per heavy atom. The molecule has 1 aliphatic rings. The SMILES string of the molecule is CC(C)CCCCSSC[C@H](NC(=O)CN)C(=O)N[C@H](C(=O)N[C@@H](CCN)C(=O)N[C@H]1CCNC(=O)[C@H]([C@@H](C)O)NC(=O)[C@H](CCN)NC(=O)[C@H](CCN)NC(=O)[C@H](CC(C)C)NC(=O)[C@@H](Cc2ccccc2)NC(=O)[C@H](CCN)NC1=O)[C@@H](C)O. The number of carbonyl (C=O) groups excluding carboxylic acids is 11. The van der Waals surface area contributed by atoms with E-state index >= 15 is 0 Å². The third-order valence-electron chi connectivity index (χ3n) is 13.5. The van der Waals surface area contributed by atoms with Crippen molar-refractivity contribution in [3.05, 3.63) is 35.9 Å². The molecule has 0 radical (unpaired) electrons. The molecule has 0 aliphatic carbocycles. The second-order valence-electron chi connectivity index (χ2n) is 21.9. The van der Waals surface area contributed by atoms with Crippen molar-refractivity contribution in [2.45, 2.75) is 178 Å². The van der Waals surface area contributed by atoms with E-state index in [1.165, 1.54) is 35.4 Å². The van der Waals surface area contributed by atoms with E-state index in [2.05, 4.69) is 72.3 Å². The maximum Gasteiger partial charge on any atom is 0.245 e. The maximum absolute atomic E-state index is 14.6. The quantitative estimate of drug-likeness (QED) is 0.0253. The topological polar surface area (TPSA) is 491 Å². The maximum atomic E-state index is 14.6. The molecule has 0 unspecified atom stereocenters. The number of amides is 11. The first-order valence-corrected chi connectivity index (χ1v) is 31.7. The number of aliphatic hydroxyl groups is 2. The van der Waals surface area contributed by atoms with Gasteiger partial charge in [0.15, 0.2) is 0 Å². The lowest BCUT2D eigenvalue weighted by Gasteiger charge is -2.29. The Kier molecular flexibility index (Phi) is 36.2. The lowest BCUT2D eigenvalue weighted by molar-refractivity contribution is -0.136.